The van der Waals surface area contributed by atoms with Crippen LogP contribution in [0.4, 0.5) is 0 Å². The van der Waals surface area contributed by atoms with Gasteiger partial charge >= 0.3 is 0 Å². The number of hydrogen-bond donors (Lipinski definition) is 4. The number of aryl methyl sites for hydroxylation is 1. The van der Waals surface area contributed by atoms with E-state index in [0.717, 1.165) is 38.3 Å². The van der Waals surface area contributed by atoms with Crippen molar-refractivity contribution in [2.45, 2.75) is 82.5 Å². The summed E-state index contributed by atoms with van der Waals surface area (Å²) in [7, 11) is 1.74. The zero-order valence-corrected chi connectivity index (χ0v) is 22.4. The van der Waals surface area contributed by atoms with Gasteiger partial charge in [-0.05, 0) is 69.0 Å². The lowest BCUT2D eigenvalue weighted by Crippen LogP contribution is -2.67. The number of hydrogen-bond acceptors (Lipinski definition) is 7. The molecule has 6 atom stereocenters. The third kappa shape index (κ3) is 4.54. The molecule has 1 saturated heterocycles. The first-order valence-corrected chi connectivity index (χ1v) is 13.9. The van der Waals surface area contributed by atoms with Crippen LogP contribution < -0.4 is 21.6 Å². The Labute approximate surface area is 219 Å². The van der Waals surface area contributed by atoms with Crippen LogP contribution in [0.5, 0.6) is 11.5 Å². The smallest absolute Gasteiger partial charge is 0.220 e. The number of likely N-dealkylation sites (tertiary alicyclic amines) is 1. The van der Waals surface area contributed by atoms with Crippen LogP contribution in [0.25, 0.3) is 0 Å². The number of amidine groups is 1. The minimum atomic E-state index is -0.216. The molecule has 1 amide bonds. The first kappa shape index (κ1) is 26.1. The van der Waals surface area contributed by atoms with E-state index in [1.54, 1.807) is 13.2 Å². The monoisotopic (exact) mass is 513 g/mol. The Morgan fingerprint density at radius 3 is 2.81 bits per heavy atom. The van der Waals surface area contributed by atoms with E-state index in [1.165, 1.54) is 24.0 Å². The van der Waals surface area contributed by atoms with Gasteiger partial charge in [0.1, 0.15) is 11.9 Å². The molecule has 1 spiro atoms. The number of nitrogens with zero attached hydrogens (tertiary/aromatic N) is 2. The standard InChI is InChI=1S/C28H43N5O4/c1-4-18-7-8-21(34)26-24(18)28-11-12-33(15-17-5-6-17)16(2)20(28)13-19(25(36-3)27(28)37-26)14-31-23(35)10-9-22(29)32-30/h7-8,16-17,19-20,25,27,34H,4-6,9-15,30H2,1-3H3,(H2,29,32)(H,31,35)/t16?,19-,20?,25?,27+,28?/m1/s1. The highest BCUT2D eigenvalue weighted by Gasteiger charge is 2.65. The number of nitrogens with two attached hydrogens (primary N) is 2. The molecule has 1 aromatic rings. The highest BCUT2D eigenvalue weighted by molar-refractivity contribution is 5.85. The highest BCUT2D eigenvalue weighted by atomic mass is 16.5. The second kappa shape index (κ2) is 10.3. The molecule has 2 saturated carbocycles. The number of ether oxygens (including phenoxy) is 2. The molecular weight excluding hydrogens is 470 g/mol. The molecule has 9 heteroatoms. The summed E-state index contributed by atoms with van der Waals surface area (Å²) in [5, 5.41) is 17.4. The summed E-state index contributed by atoms with van der Waals surface area (Å²) in [4.78, 5) is 15.3. The van der Waals surface area contributed by atoms with Crippen molar-refractivity contribution in [3.05, 3.63) is 23.3 Å². The molecule has 1 aromatic carbocycles. The Balaban J connectivity index is 1.46. The van der Waals surface area contributed by atoms with Crippen LogP contribution in [0.3, 0.4) is 0 Å². The van der Waals surface area contributed by atoms with Crippen LogP contribution in [0, 0.1) is 17.8 Å². The summed E-state index contributed by atoms with van der Waals surface area (Å²) in [6, 6.07) is 4.20. The van der Waals surface area contributed by atoms with E-state index in [-0.39, 0.29) is 47.5 Å². The molecule has 0 bridgehead atoms. The SMILES string of the molecule is CCc1ccc(O)c2c1C13CCN(CC4CC4)C(C)C1C[C@H](CNC(=O)CC/C(N)=N/N)C(OC)[C@@H]3O2. The molecule has 9 nitrogen and oxygen atoms in total. The van der Waals surface area contributed by atoms with Gasteiger partial charge in [0.05, 0.1) is 6.10 Å². The van der Waals surface area contributed by atoms with Gasteiger partial charge < -0.3 is 36.4 Å². The molecular formula is C28H43N5O4. The third-order valence-electron chi connectivity index (χ3n) is 9.57. The van der Waals surface area contributed by atoms with E-state index in [2.05, 4.69) is 35.2 Å². The van der Waals surface area contributed by atoms with Crippen LogP contribution in [0.15, 0.2) is 17.2 Å². The van der Waals surface area contributed by atoms with Gasteiger partial charge in [0.25, 0.3) is 0 Å². The summed E-state index contributed by atoms with van der Waals surface area (Å²) in [6.07, 6.45) is 5.63. The van der Waals surface area contributed by atoms with Crippen molar-refractivity contribution in [1.82, 2.24) is 10.2 Å². The van der Waals surface area contributed by atoms with Crippen molar-refractivity contribution in [2.24, 2.45) is 34.4 Å². The van der Waals surface area contributed by atoms with Crippen LogP contribution in [-0.2, 0) is 21.4 Å². The van der Waals surface area contributed by atoms with Crippen molar-refractivity contribution in [3.8, 4) is 11.5 Å². The Bertz CT molecular complexity index is 1040. The summed E-state index contributed by atoms with van der Waals surface area (Å²) >= 11 is 0. The predicted octanol–water partition coefficient (Wildman–Crippen LogP) is 2.24. The maximum Gasteiger partial charge on any atom is 0.220 e. The number of phenols is 1. The lowest BCUT2D eigenvalue weighted by molar-refractivity contribution is -0.138. The van der Waals surface area contributed by atoms with E-state index in [4.69, 9.17) is 21.1 Å². The summed E-state index contributed by atoms with van der Waals surface area (Å²) in [5.41, 5.74) is 7.90. The molecule has 0 radical (unpaired) electrons. The first-order chi connectivity index (χ1) is 17.8. The number of fused-ring (bicyclic) bond motifs is 1. The van der Waals surface area contributed by atoms with Crippen molar-refractivity contribution in [1.29, 1.82) is 0 Å². The fourth-order valence-electron chi connectivity index (χ4n) is 7.50. The molecule has 2 aliphatic carbocycles. The maximum absolute atomic E-state index is 12.6. The lowest BCUT2D eigenvalue weighted by Gasteiger charge is -2.58. The van der Waals surface area contributed by atoms with Gasteiger partial charge in [0.15, 0.2) is 11.5 Å². The number of methoxy groups -OCH3 is 1. The molecule has 6 N–H and O–H groups in total. The topological polar surface area (TPSA) is 135 Å². The van der Waals surface area contributed by atoms with Crippen LogP contribution >= 0.6 is 0 Å². The molecule has 2 aliphatic heterocycles. The zero-order valence-electron chi connectivity index (χ0n) is 22.4. The van der Waals surface area contributed by atoms with Crippen molar-refractivity contribution >= 4 is 11.7 Å². The number of hydrazone groups is 1. The molecule has 0 aromatic heterocycles. The largest absolute Gasteiger partial charge is 0.504 e. The van der Waals surface area contributed by atoms with Gasteiger partial charge in [-0.2, -0.15) is 5.10 Å². The fourth-order valence-corrected chi connectivity index (χ4v) is 7.50. The number of piperidine rings is 1. The quantitative estimate of drug-likeness (QED) is 0.172. The second-order valence-corrected chi connectivity index (χ2v) is 11.5. The number of rotatable bonds is 9. The number of phenolic OH excluding ortho intramolecular Hbond substituents is 1. The van der Waals surface area contributed by atoms with Crippen LogP contribution in [-0.4, -0.2) is 66.7 Å². The van der Waals surface area contributed by atoms with E-state index in [0.29, 0.717) is 30.7 Å². The van der Waals surface area contributed by atoms with Gasteiger partial charge in [-0.15, -0.1) is 0 Å². The number of aromatic hydroxyl groups is 1. The first-order valence-electron chi connectivity index (χ1n) is 13.9. The van der Waals surface area contributed by atoms with Crippen LogP contribution in [0.2, 0.25) is 0 Å². The Kier molecular flexibility index (Phi) is 7.29. The highest BCUT2D eigenvalue weighted by Crippen LogP contribution is 2.62. The second-order valence-electron chi connectivity index (χ2n) is 11.5. The van der Waals surface area contributed by atoms with E-state index in [1.807, 2.05) is 0 Å². The molecule has 5 rings (SSSR count). The van der Waals surface area contributed by atoms with Gasteiger partial charge in [-0.3, -0.25) is 4.79 Å². The Morgan fingerprint density at radius 2 is 2.14 bits per heavy atom. The average molecular weight is 514 g/mol. The number of nitrogens with one attached hydrogen (secondary N) is 1. The molecule has 4 unspecified atom stereocenters. The van der Waals surface area contributed by atoms with Gasteiger partial charge in [-0.1, -0.05) is 13.0 Å². The normalized spacial score (nSPS) is 33.3. The lowest BCUT2D eigenvalue weighted by atomic mass is 9.52. The maximum atomic E-state index is 12.6. The van der Waals surface area contributed by atoms with Gasteiger partial charge in [-0.25, -0.2) is 0 Å². The third-order valence-corrected chi connectivity index (χ3v) is 9.57. The number of benzene rings is 1. The minimum Gasteiger partial charge on any atom is -0.504 e. The van der Waals surface area contributed by atoms with E-state index >= 15 is 0 Å². The predicted molar refractivity (Wildman–Crippen MR) is 142 cm³/mol. The summed E-state index contributed by atoms with van der Waals surface area (Å²) in [5.74, 6) is 7.47. The molecule has 4 aliphatic rings. The molecule has 37 heavy (non-hydrogen) atoms. The van der Waals surface area contributed by atoms with Crippen molar-refractivity contribution in [3.63, 3.8) is 0 Å². The zero-order chi connectivity index (χ0) is 26.3. The Hall–Kier alpha value is -2.52. The van der Waals surface area contributed by atoms with E-state index in [9.17, 15) is 9.90 Å². The summed E-state index contributed by atoms with van der Waals surface area (Å²) < 4.78 is 12.9. The van der Waals surface area contributed by atoms with Crippen molar-refractivity contribution in [2.75, 3.05) is 26.7 Å². The Morgan fingerprint density at radius 1 is 1.35 bits per heavy atom. The summed E-state index contributed by atoms with van der Waals surface area (Å²) in [6.45, 7) is 7.23. The van der Waals surface area contributed by atoms with Crippen LogP contribution in [0.1, 0.15) is 63.5 Å². The minimum absolute atomic E-state index is 0.0770. The number of carbonyl (C=O) groups excluding carboxylic acids is 1. The molecule has 2 heterocycles. The molecule has 204 valence electrons. The molecule has 3 fully saturated rings. The van der Waals surface area contributed by atoms with Gasteiger partial charge in [0.2, 0.25) is 5.91 Å². The number of amides is 1. The van der Waals surface area contributed by atoms with Gasteiger partial charge in [0, 0.05) is 56.0 Å². The average Bonchev–Trinajstić information content (AvgIpc) is 3.66. The fraction of sp³-hybridized carbons (Fsp3) is 0.714. The van der Waals surface area contributed by atoms with Crippen molar-refractivity contribution < 1.29 is 19.4 Å². The van der Waals surface area contributed by atoms with E-state index < -0.39 is 0 Å². The number of carbonyl (C=O) groups is 1.